The molecule has 2 aromatic carbocycles. The molecule has 6 rings (SSSR count). The second-order valence-corrected chi connectivity index (χ2v) is 10.7. The van der Waals surface area contributed by atoms with Crippen molar-refractivity contribution in [3.8, 4) is 11.4 Å². The predicted molar refractivity (Wildman–Crippen MR) is 146 cm³/mol. The summed E-state index contributed by atoms with van der Waals surface area (Å²) in [6, 6.07) is 20.3. The van der Waals surface area contributed by atoms with Crippen molar-refractivity contribution in [1.29, 1.82) is 0 Å². The van der Waals surface area contributed by atoms with E-state index in [0.717, 1.165) is 44.3 Å². The van der Waals surface area contributed by atoms with Crippen LogP contribution in [0.2, 0.25) is 0 Å². The van der Waals surface area contributed by atoms with Crippen molar-refractivity contribution < 1.29 is 14.6 Å². The first kappa shape index (κ1) is 25.0. The summed E-state index contributed by atoms with van der Waals surface area (Å²) in [4.78, 5) is 27.2. The minimum absolute atomic E-state index is 0.0438. The van der Waals surface area contributed by atoms with Crippen LogP contribution in [-0.2, 0) is 17.7 Å². The molecule has 198 valence electrons. The van der Waals surface area contributed by atoms with Gasteiger partial charge in [-0.2, -0.15) is 0 Å². The Labute approximate surface area is 223 Å². The monoisotopic (exact) mass is 513 g/mol. The maximum atomic E-state index is 13.7. The van der Waals surface area contributed by atoms with Gasteiger partial charge in [0.1, 0.15) is 11.5 Å². The SMILES string of the molecule is COC1CC(Nc2cc(C(=O)N3CC[C@@H](N4CCc5ccccc5C4)[C@H](O)C3)nc(-c3ccccc3)n2)C1. The number of piperidine rings is 1. The van der Waals surface area contributed by atoms with Crippen molar-refractivity contribution in [2.45, 2.75) is 56.5 Å². The molecule has 2 atom stereocenters. The highest BCUT2D eigenvalue weighted by Crippen LogP contribution is 2.29. The Hall–Kier alpha value is -3.33. The van der Waals surface area contributed by atoms with Gasteiger partial charge in [-0.25, -0.2) is 9.97 Å². The number of hydrogen-bond donors (Lipinski definition) is 2. The van der Waals surface area contributed by atoms with Crippen molar-refractivity contribution in [3.63, 3.8) is 0 Å². The molecule has 3 aromatic rings. The average molecular weight is 514 g/mol. The second kappa shape index (κ2) is 10.8. The zero-order valence-electron chi connectivity index (χ0n) is 21.8. The highest BCUT2D eigenvalue weighted by Gasteiger charge is 2.36. The molecule has 8 nitrogen and oxygen atoms in total. The average Bonchev–Trinajstić information content (AvgIpc) is 2.94. The summed E-state index contributed by atoms with van der Waals surface area (Å²) in [6.07, 6.45) is 3.20. The number of amides is 1. The van der Waals surface area contributed by atoms with Gasteiger partial charge in [0.05, 0.1) is 12.2 Å². The molecule has 2 N–H and O–H groups in total. The minimum Gasteiger partial charge on any atom is -0.390 e. The molecule has 0 radical (unpaired) electrons. The van der Waals surface area contributed by atoms with Crippen LogP contribution >= 0.6 is 0 Å². The number of hydrogen-bond acceptors (Lipinski definition) is 7. The quantitative estimate of drug-likeness (QED) is 0.522. The van der Waals surface area contributed by atoms with Gasteiger partial charge < -0.3 is 20.1 Å². The van der Waals surface area contributed by atoms with Gasteiger partial charge in [-0.1, -0.05) is 54.6 Å². The van der Waals surface area contributed by atoms with Crippen molar-refractivity contribution in [2.75, 3.05) is 32.1 Å². The fraction of sp³-hybridized carbons (Fsp3) is 0.433. The number of fused-ring (bicyclic) bond motifs is 1. The van der Waals surface area contributed by atoms with E-state index in [-0.39, 0.29) is 24.1 Å². The summed E-state index contributed by atoms with van der Waals surface area (Å²) >= 11 is 0. The van der Waals surface area contributed by atoms with Crippen LogP contribution in [0.25, 0.3) is 11.4 Å². The number of methoxy groups -OCH3 is 1. The Morgan fingerprint density at radius 1 is 1.03 bits per heavy atom. The lowest BCUT2D eigenvalue weighted by Gasteiger charge is -2.43. The number of benzene rings is 2. The van der Waals surface area contributed by atoms with E-state index >= 15 is 0 Å². The number of ether oxygens (including phenoxy) is 1. The number of nitrogens with one attached hydrogen (secondary N) is 1. The standard InChI is InChI=1S/C30H35N5O3/c1-38-24-15-23(16-24)31-28-17-25(32-29(33-28)21-8-3-2-4-9-21)30(37)35-14-12-26(27(36)19-35)34-13-11-20-7-5-6-10-22(20)18-34/h2-10,17,23-24,26-27,36H,11-16,18-19H2,1H3,(H,31,32,33)/t23?,24?,26-,27-/m1/s1. The van der Waals surface area contributed by atoms with Crippen LogP contribution in [-0.4, -0.2) is 81.8 Å². The number of anilines is 1. The lowest BCUT2D eigenvalue weighted by Crippen LogP contribution is -2.56. The van der Waals surface area contributed by atoms with Crippen LogP contribution in [0.5, 0.6) is 0 Å². The largest absolute Gasteiger partial charge is 0.390 e. The van der Waals surface area contributed by atoms with Crippen LogP contribution in [0.4, 0.5) is 5.82 Å². The topological polar surface area (TPSA) is 90.8 Å². The van der Waals surface area contributed by atoms with E-state index in [0.29, 0.717) is 30.4 Å². The molecular weight excluding hydrogens is 478 g/mol. The fourth-order valence-corrected chi connectivity index (χ4v) is 5.92. The Balaban J connectivity index is 1.17. The third kappa shape index (κ3) is 5.16. The van der Waals surface area contributed by atoms with Crippen molar-refractivity contribution in [3.05, 3.63) is 77.5 Å². The molecule has 0 unspecified atom stereocenters. The van der Waals surface area contributed by atoms with Crippen molar-refractivity contribution in [1.82, 2.24) is 19.8 Å². The van der Waals surface area contributed by atoms with Crippen LogP contribution in [0.1, 0.15) is 40.9 Å². The van der Waals surface area contributed by atoms with Gasteiger partial charge in [-0.05, 0) is 36.8 Å². The number of nitrogens with zero attached hydrogens (tertiary/aromatic N) is 4. The molecule has 38 heavy (non-hydrogen) atoms. The number of carbonyl (C=O) groups excluding carboxylic acids is 1. The predicted octanol–water partition coefficient (Wildman–Crippen LogP) is 3.37. The first-order valence-corrected chi connectivity index (χ1v) is 13.6. The maximum absolute atomic E-state index is 13.7. The van der Waals surface area contributed by atoms with E-state index in [1.807, 2.05) is 30.3 Å². The van der Waals surface area contributed by atoms with Crippen molar-refractivity contribution in [2.24, 2.45) is 0 Å². The molecule has 8 heteroatoms. The third-order valence-corrected chi connectivity index (χ3v) is 8.22. The molecule has 3 aliphatic rings. The number of aromatic nitrogens is 2. The van der Waals surface area contributed by atoms with E-state index in [4.69, 9.17) is 9.72 Å². The number of aliphatic hydroxyl groups excluding tert-OH is 1. The third-order valence-electron chi connectivity index (χ3n) is 8.22. The first-order valence-electron chi connectivity index (χ1n) is 13.6. The van der Waals surface area contributed by atoms with Crippen LogP contribution in [0.3, 0.4) is 0 Å². The Bertz CT molecular complexity index is 1280. The molecule has 1 saturated heterocycles. The van der Waals surface area contributed by atoms with Gasteiger partial charge >= 0.3 is 0 Å². The number of aliphatic hydroxyl groups is 1. The van der Waals surface area contributed by atoms with E-state index < -0.39 is 6.10 Å². The van der Waals surface area contributed by atoms with Gasteiger partial charge in [-0.15, -0.1) is 0 Å². The molecule has 2 aliphatic heterocycles. The maximum Gasteiger partial charge on any atom is 0.272 e. The fourth-order valence-electron chi connectivity index (χ4n) is 5.92. The van der Waals surface area contributed by atoms with Crippen LogP contribution in [0, 0.1) is 0 Å². The molecule has 3 heterocycles. The lowest BCUT2D eigenvalue weighted by molar-refractivity contribution is -0.0139. The molecule has 1 amide bonds. The summed E-state index contributed by atoms with van der Waals surface area (Å²) in [7, 11) is 1.73. The van der Waals surface area contributed by atoms with Gasteiger partial charge in [0, 0.05) is 57.0 Å². The summed E-state index contributed by atoms with van der Waals surface area (Å²) < 4.78 is 5.41. The molecule has 0 spiro atoms. The summed E-state index contributed by atoms with van der Waals surface area (Å²) in [5.74, 6) is 0.991. The summed E-state index contributed by atoms with van der Waals surface area (Å²) in [6.45, 7) is 2.66. The molecule has 1 saturated carbocycles. The lowest BCUT2D eigenvalue weighted by atomic mass is 9.89. The Morgan fingerprint density at radius 3 is 2.55 bits per heavy atom. The normalized spacial score (nSPS) is 25.4. The summed E-state index contributed by atoms with van der Waals surface area (Å²) in [5, 5.41) is 14.6. The first-order chi connectivity index (χ1) is 18.6. The highest BCUT2D eigenvalue weighted by atomic mass is 16.5. The van der Waals surface area contributed by atoms with E-state index in [2.05, 4.69) is 39.5 Å². The van der Waals surface area contributed by atoms with Crippen LogP contribution < -0.4 is 5.32 Å². The van der Waals surface area contributed by atoms with E-state index in [1.54, 1.807) is 18.1 Å². The molecule has 0 bridgehead atoms. The Morgan fingerprint density at radius 2 is 1.79 bits per heavy atom. The molecular formula is C30H35N5O3. The van der Waals surface area contributed by atoms with Gasteiger partial charge in [0.2, 0.25) is 0 Å². The molecule has 1 aromatic heterocycles. The van der Waals surface area contributed by atoms with E-state index in [9.17, 15) is 9.90 Å². The van der Waals surface area contributed by atoms with E-state index in [1.165, 1.54) is 11.1 Å². The summed E-state index contributed by atoms with van der Waals surface area (Å²) in [5.41, 5.74) is 3.94. The number of carbonyl (C=O) groups is 1. The van der Waals surface area contributed by atoms with Crippen molar-refractivity contribution >= 4 is 11.7 Å². The van der Waals surface area contributed by atoms with Gasteiger partial charge in [0.25, 0.3) is 5.91 Å². The second-order valence-electron chi connectivity index (χ2n) is 10.7. The van der Waals surface area contributed by atoms with Gasteiger partial charge in [0.15, 0.2) is 5.82 Å². The van der Waals surface area contributed by atoms with Gasteiger partial charge in [-0.3, -0.25) is 9.69 Å². The smallest absolute Gasteiger partial charge is 0.272 e. The zero-order chi connectivity index (χ0) is 26.1. The molecule has 1 aliphatic carbocycles. The highest BCUT2D eigenvalue weighted by molar-refractivity contribution is 5.93. The molecule has 2 fully saturated rings. The number of rotatable bonds is 6. The van der Waals surface area contributed by atoms with Crippen LogP contribution in [0.15, 0.2) is 60.7 Å². The number of β-amino-alcohol motifs (C(OH)–C–C–N with tert-alkyl or cyclic N) is 1. The number of likely N-dealkylation sites (tertiary alicyclic amines) is 1. The Kier molecular flexibility index (Phi) is 7.10. The zero-order valence-corrected chi connectivity index (χ0v) is 21.8. The minimum atomic E-state index is -0.605.